The molecule has 33 heavy (non-hydrogen) atoms. The minimum Gasteiger partial charge on any atom is -0.452 e. The Hall–Kier alpha value is -2.58. The Bertz CT molecular complexity index is 1150. The number of ether oxygens (including phenoxy) is 1. The molecule has 9 heteroatoms. The summed E-state index contributed by atoms with van der Waals surface area (Å²) in [4.78, 5) is 24.4. The van der Waals surface area contributed by atoms with Crippen LogP contribution in [0.1, 0.15) is 48.0 Å². The van der Waals surface area contributed by atoms with E-state index in [1.54, 1.807) is 12.1 Å². The highest BCUT2D eigenvalue weighted by atomic mass is 35.5. The van der Waals surface area contributed by atoms with Crippen molar-refractivity contribution in [3.05, 3.63) is 58.6 Å². The maximum Gasteiger partial charge on any atom is 0.338 e. The van der Waals surface area contributed by atoms with E-state index in [-0.39, 0.29) is 21.4 Å². The molecule has 7 nitrogen and oxygen atoms in total. The van der Waals surface area contributed by atoms with Gasteiger partial charge in [0.15, 0.2) is 6.61 Å². The molecular weight excluding hydrogens is 464 g/mol. The summed E-state index contributed by atoms with van der Waals surface area (Å²) in [7, 11) is -3.98. The van der Waals surface area contributed by atoms with Crippen LogP contribution in [0.25, 0.3) is 0 Å². The molecule has 0 saturated heterocycles. The van der Waals surface area contributed by atoms with Crippen LogP contribution in [0, 0.1) is 5.92 Å². The molecular formula is C24H27ClN2O5S. The van der Waals surface area contributed by atoms with Crippen LogP contribution in [0.2, 0.25) is 5.02 Å². The lowest BCUT2D eigenvalue weighted by atomic mass is 9.89. The van der Waals surface area contributed by atoms with Gasteiger partial charge in [0.25, 0.3) is 15.9 Å². The third kappa shape index (κ3) is 5.33. The highest BCUT2D eigenvalue weighted by Crippen LogP contribution is 2.35. The largest absolute Gasteiger partial charge is 0.452 e. The molecule has 1 fully saturated rings. The van der Waals surface area contributed by atoms with E-state index >= 15 is 0 Å². The lowest BCUT2D eigenvalue weighted by Crippen LogP contribution is -2.33. The van der Waals surface area contributed by atoms with Gasteiger partial charge in [-0.2, -0.15) is 0 Å². The van der Waals surface area contributed by atoms with Crippen LogP contribution in [0.4, 0.5) is 5.69 Å². The Morgan fingerprint density at radius 1 is 1.09 bits per heavy atom. The number of amides is 1. The molecule has 2 aromatic rings. The number of nitrogens with zero attached hydrogens (tertiary/aromatic N) is 1. The van der Waals surface area contributed by atoms with Crippen LogP contribution < -0.4 is 9.62 Å². The number of rotatable bonds is 7. The number of hydrogen-bond acceptors (Lipinski definition) is 5. The molecule has 1 N–H and O–H groups in total. The molecule has 176 valence electrons. The van der Waals surface area contributed by atoms with Gasteiger partial charge in [-0.25, -0.2) is 13.2 Å². The second kappa shape index (κ2) is 10.1. The summed E-state index contributed by atoms with van der Waals surface area (Å²) in [6.07, 6.45) is 6.41. The minimum atomic E-state index is -3.98. The van der Waals surface area contributed by atoms with Gasteiger partial charge in [0, 0.05) is 13.1 Å². The van der Waals surface area contributed by atoms with Crippen molar-refractivity contribution in [1.29, 1.82) is 0 Å². The topological polar surface area (TPSA) is 92.8 Å². The van der Waals surface area contributed by atoms with Gasteiger partial charge in [0.1, 0.15) is 4.90 Å². The monoisotopic (exact) mass is 490 g/mol. The lowest BCUT2D eigenvalue weighted by Gasteiger charge is -2.21. The number of nitrogens with one attached hydrogen (secondary N) is 1. The smallest absolute Gasteiger partial charge is 0.338 e. The van der Waals surface area contributed by atoms with Crippen molar-refractivity contribution in [3.8, 4) is 0 Å². The molecule has 0 unspecified atom stereocenters. The van der Waals surface area contributed by atoms with Gasteiger partial charge in [-0.15, -0.1) is 0 Å². The first kappa shape index (κ1) is 23.6. The molecule has 0 bridgehead atoms. The first-order valence-electron chi connectivity index (χ1n) is 11.2. The summed E-state index contributed by atoms with van der Waals surface area (Å²) in [5.74, 6) is -0.680. The Morgan fingerprint density at radius 3 is 2.64 bits per heavy atom. The Kier molecular flexibility index (Phi) is 7.24. The normalized spacial score (nSPS) is 16.3. The van der Waals surface area contributed by atoms with Crippen molar-refractivity contribution in [2.75, 3.05) is 24.0 Å². The number of sulfonamides is 1. The maximum absolute atomic E-state index is 13.3. The molecule has 0 atom stereocenters. The van der Waals surface area contributed by atoms with Gasteiger partial charge in [-0.1, -0.05) is 49.1 Å². The summed E-state index contributed by atoms with van der Waals surface area (Å²) >= 11 is 6.21. The van der Waals surface area contributed by atoms with Gasteiger partial charge in [0.2, 0.25) is 0 Å². The van der Waals surface area contributed by atoms with Crippen LogP contribution in [0.5, 0.6) is 0 Å². The van der Waals surface area contributed by atoms with E-state index in [2.05, 4.69) is 5.32 Å². The molecule has 0 radical (unpaired) electrons. The van der Waals surface area contributed by atoms with Crippen LogP contribution in [0.15, 0.2) is 47.4 Å². The molecule has 1 heterocycles. The fourth-order valence-electron chi connectivity index (χ4n) is 4.42. The number of esters is 1. The van der Waals surface area contributed by atoms with Crippen molar-refractivity contribution >= 4 is 39.2 Å². The summed E-state index contributed by atoms with van der Waals surface area (Å²) < 4.78 is 33.1. The van der Waals surface area contributed by atoms with Crippen molar-refractivity contribution in [1.82, 2.24) is 5.32 Å². The van der Waals surface area contributed by atoms with Gasteiger partial charge in [0.05, 0.1) is 16.3 Å². The number of halogens is 1. The van der Waals surface area contributed by atoms with Crippen molar-refractivity contribution in [2.24, 2.45) is 5.92 Å². The minimum absolute atomic E-state index is 0.0150. The summed E-state index contributed by atoms with van der Waals surface area (Å²) in [5.41, 5.74) is 1.56. The van der Waals surface area contributed by atoms with Crippen molar-refractivity contribution < 1.29 is 22.7 Å². The second-order valence-electron chi connectivity index (χ2n) is 8.49. The van der Waals surface area contributed by atoms with Crippen LogP contribution in [0.3, 0.4) is 0 Å². The van der Waals surface area contributed by atoms with Crippen LogP contribution in [-0.2, 0) is 26.0 Å². The highest BCUT2D eigenvalue weighted by molar-refractivity contribution is 7.93. The number of carbonyl (C=O) groups excluding carboxylic acids is 2. The first-order chi connectivity index (χ1) is 15.9. The fourth-order valence-corrected chi connectivity index (χ4v) is 6.43. The zero-order chi connectivity index (χ0) is 23.4. The number of para-hydroxylation sites is 1. The number of hydrogen-bond donors (Lipinski definition) is 1. The number of carbonyl (C=O) groups is 2. The van der Waals surface area contributed by atoms with Crippen LogP contribution >= 0.6 is 11.6 Å². The molecule has 4 rings (SSSR count). The lowest BCUT2D eigenvalue weighted by molar-refractivity contribution is -0.124. The van der Waals surface area contributed by atoms with Crippen molar-refractivity contribution in [3.63, 3.8) is 0 Å². The quantitative estimate of drug-likeness (QED) is 0.593. The van der Waals surface area contributed by atoms with E-state index < -0.39 is 22.6 Å². The second-order valence-corrected chi connectivity index (χ2v) is 10.7. The van der Waals surface area contributed by atoms with E-state index in [1.165, 1.54) is 41.8 Å². The fraction of sp³-hybridized carbons (Fsp3) is 0.417. The van der Waals surface area contributed by atoms with Gasteiger partial charge >= 0.3 is 5.97 Å². The molecule has 1 amide bonds. The van der Waals surface area contributed by atoms with E-state index in [1.807, 2.05) is 12.1 Å². The molecule has 0 aromatic heterocycles. The van der Waals surface area contributed by atoms with Gasteiger partial charge in [-0.3, -0.25) is 9.10 Å². The third-order valence-electron chi connectivity index (χ3n) is 6.23. The molecule has 0 spiro atoms. The Morgan fingerprint density at radius 2 is 1.85 bits per heavy atom. The first-order valence-corrected chi connectivity index (χ1v) is 13.0. The van der Waals surface area contributed by atoms with E-state index in [0.29, 0.717) is 31.1 Å². The van der Waals surface area contributed by atoms with Crippen LogP contribution in [-0.4, -0.2) is 40.0 Å². The van der Waals surface area contributed by atoms with E-state index in [0.717, 1.165) is 18.4 Å². The Labute approximate surface area is 199 Å². The number of anilines is 1. The average molecular weight is 491 g/mol. The van der Waals surface area contributed by atoms with E-state index in [9.17, 15) is 18.0 Å². The predicted octanol–water partition coefficient (Wildman–Crippen LogP) is 3.94. The molecule has 1 aliphatic heterocycles. The summed E-state index contributed by atoms with van der Waals surface area (Å²) in [5, 5.41) is 2.83. The van der Waals surface area contributed by atoms with Crippen molar-refractivity contribution in [2.45, 2.75) is 43.4 Å². The average Bonchev–Trinajstić information content (AvgIpc) is 3.27. The Balaban J connectivity index is 1.41. The number of benzene rings is 2. The highest BCUT2D eigenvalue weighted by Gasteiger charge is 2.32. The SMILES string of the molecule is O=C(COC(=O)c1ccc(Cl)c(S(=O)(=O)N2CCc3ccccc32)c1)NCC1CCCCC1. The molecule has 2 aliphatic rings. The van der Waals surface area contributed by atoms with Gasteiger partial charge in [-0.05, 0) is 55.0 Å². The maximum atomic E-state index is 13.3. The standard InChI is InChI=1S/C24H27ClN2O5S/c25-20-11-10-19(24(29)32-16-23(28)26-15-17-6-2-1-3-7-17)14-22(20)33(30,31)27-13-12-18-8-4-5-9-21(18)27/h4-5,8-11,14,17H,1-3,6-7,12-13,15-16H2,(H,26,28). The summed E-state index contributed by atoms with van der Waals surface area (Å²) in [6, 6.07) is 11.2. The molecule has 1 aliphatic carbocycles. The zero-order valence-electron chi connectivity index (χ0n) is 18.3. The number of fused-ring (bicyclic) bond motifs is 1. The molecule has 1 saturated carbocycles. The van der Waals surface area contributed by atoms with E-state index in [4.69, 9.17) is 16.3 Å². The van der Waals surface area contributed by atoms with Gasteiger partial charge < -0.3 is 10.1 Å². The summed E-state index contributed by atoms with van der Waals surface area (Å²) in [6.45, 7) is 0.459. The third-order valence-corrected chi connectivity index (χ3v) is 8.52. The predicted molar refractivity (Wildman–Crippen MR) is 126 cm³/mol. The zero-order valence-corrected chi connectivity index (χ0v) is 19.8. The molecule has 2 aromatic carbocycles.